The summed E-state index contributed by atoms with van der Waals surface area (Å²) in [5.74, 6) is 0.298. The second-order valence-corrected chi connectivity index (χ2v) is 8.30. The Morgan fingerprint density at radius 3 is 2.32 bits per heavy atom. The van der Waals surface area contributed by atoms with Crippen molar-refractivity contribution in [1.29, 1.82) is 0 Å². The van der Waals surface area contributed by atoms with Crippen molar-refractivity contribution in [3.05, 3.63) is 60.2 Å². The predicted octanol–water partition coefficient (Wildman–Crippen LogP) is 3.19. The Morgan fingerprint density at radius 2 is 1.71 bits per heavy atom. The molecule has 0 heterocycles. The Hall–Kier alpha value is -2.38. The molecule has 0 aliphatic rings. The molecule has 7 heteroatoms. The van der Waals surface area contributed by atoms with Crippen molar-refractivity contribution in [2.75, 3.05) is 19.7 Å². The van der Waals surface area contributed by atoms with Crippen molar-refractivity contribution in [3.63, 3.8) is 0 Å². The maximum atomic E-state index is 13.2. The highest BCUT2D eigenvalue weighted by Crippen LogP contribution is 2.21. The first kappa shape index (κ1) is 21.9. The number of carbonyl (C=O) groups is 1. The van der Waals surface area contributed by atoms with Gasteiger partial charge in [-0.2, -0.15) is 4.31 Å². The number of amides is 1. The Labute approximate surface area is 167 Å². The summed E-state index contributed by atoms with van der Waals surface area (Å²) in [7, 11) is -3.84. The van der Waals surface area contributed by atoms with Crippen molar-refractivity contribution < 1.29 is 17.9 Å². The molecule has 1 N–H and O–H groups in total. The Morgan fingerprint density at radius 1 is 1.04 bits per heavy atom. The van der Waals surface area contributed by atoms with Gasteiger partial charge >= 0.3 is 0 Å². The Balaban J connectivity index is 2.23. The molecule has 6 nitrogen and oxygen atoms in total. The van der Waals surface area contributed by atoms with Gasteiger partial charge in [-0.15, -0.1) is 0 Å². The average molecular weight is 405 g/mol. The number of benzene rings is 2. The normalized spacial score (nSPS) is 11.4. The summed E-state index contributed by atoms with van der Waals surface area (Å²) in [5, 5.41) is 2.78. The molecule has 0 fully saturated rings. The highest BCUT2D eigenvalue weighted by Gasteiger charge is 2.27. The zero-order valence-electron chi connectivity index (χ0n) is 16.4. The summed E-state index contributed by atoms with van der Waals surface area (Å²) < 4.78 is 32.9. The van der Waals surface area contributed by atoms with Gasteiger partial charge in [-0.05, 0) is 43.2 Å². The number of hydrogen-bond donors (Lipinski definition) is 1. The molecule has 0 bridgehead atoms. The molecule has 0 aliphatic carbocycles. The quantitative estimate of drug-likeness (QED) is 0.584. The van der Waals surface area contributed by atoms with Crippen LogP contribution < -0.4 is 10.1 Å². The average Bonchev–Trinajstić information content (AvgIpc) is 2.69. The molecule has 2 aromatic carbocycles. The van der Waals surface area contributed by atoms with Crippen LogP contribution >= 0.6 is 0 Å². The first-order valence-corrected chi connectivity index (χ1v) is 10.9. The molecule has 0 aliphatic heterocycles. The second-order valence-electron chi connectivity index (χ2n) is 6.37. The van der Waals surface area contributed by atoms with Gasteiger partial charge in [0.25, 0.3) is 0 Å². The van der Waals surface area contributed by atoms with Crippen molar-refractivity contribution in [2.45, 2.75) is 38.1 Å². The summed E-state index contributed by atoms with van der Waals surface area (Å²) in [5.41, 5.74) is 0.818. The summed E-state index contributed by atoms with van der Waals surface area (Å²) >= 11 is 0. The predicted molar refractivity (Wildman–Crippen MR) is 110 cm³/mol. The van der Waals surface area contributed by atoms with Crippen LogP contribution in [0.3, 0.4) is 0 Å². The number of nitrogens with zero attached hydrogens (tertiary/aromatic N) is 1. The van der Waals surface area contributed by atoms with Gasteiger partial charge < -0.3 is 10.1 Å². The van der Waals surface area contributed by atoms with Crippen molar-refractivity contribution in [3.8, 4) is 5.75 Å². The van der Waals surface area contributed by atoms with E-state index in [1.54, 1.807) is 12.1 Å². The smallest absolute Gasteiger partial charge is 0.243 e. The third-order valence-electron chi connectivity index (χ3n) is 4.15. The van der Waals surface area contributed by atoms with E-state index in [4.69, 9.17) is 4.74 Å². The van der Waals surface area contributed by atoms with E-state index < -0.39 is 10.0 Å². The lowest BCUT2D eigenvalue weighted by molar-refractivity contribution is -0.121. The van der Waals surface area contributed by atoms with Gasteiger partial charge in [0.2, 0.25) is 15.9 Å². The molecule has 2 aromatic rings. The summed E-state index contributed by atoms with van der Waals surface area (Å²) in [6, 6.07) is 15.5. The van der Waals surface area contributed by atoms with Gasteiger partial charge in [0, 0.05) is 13.1 Å². The van der Waals surface area contributed by atoms with E-state index in [9.17, 15) is 13.2 Å². The number of rotatable bonds is 11. The molecular formula is C21H28N2O4S. The number of nitrogens with one attached hydrogen (secondary N) is 1. The molecule has 0 aromatic heterocycles. The third kappa shape index (κ3) is 6.35. The van der Waals surface area contributed by atoms with E-state index >= 15 is 0 Å². The topological polar surface area (TPSA) is 75.7 Å². The van der Waals surface area contributed by atoms with Crippen molar-refractivity contribution in [1.82, 2.24) is 9.62 Å². The Kier molecular flexibility index (Phi) is 8.47. The fraction of sp³-hybridized carbons (Fsp3) is 0.381. The van der Waals surface area contributed by atoms with Crippen molar-refractivity contribution in [2.24, 2.45) is 0 Å². The first-order chi connectivity index (χ1) is 13.5. The van der Waals surface area contributed by atoms with Crippen LogP contribution in [0.1, 0.15) is 32.3 Å². The molecule has 0 atom stereocenters. The summed E-state index contributed by atoms with van der Waals surface area (Å²) in [6.07, 6.45) is 1.81. The van der Waals surface area contributed by atoms with Gasteiger partial charge in [0.15, 0.2) is 0 Å². The van der Waals surface area contributed by atoms with E-state index in [1.807, 2.05) is 44.2 Å². The van der Waals surface area contributed by atoms with Gasteiger partial charge in [-0.3, -0.25) is 4.79 Å². The minimum atomic E-state index is -3.84. The third-order valence-corrected chi connectivity index (χ3v) is 5.95. The fourth-order valence-electron chi connectivity index (χ4n) is 2.66. The van der Waals surface area contributed by atoms with Crippen LogP contribution in [-0.4, -0.2) is 38.3 Å². The minimum absolute atomic E-state index is 0.123. The van der Waals surface area contributed by atoms with E-state index in [0.717, 1.165) is 18.4 Å². The summed E-state index contributed by atoms with van der Waals surface area (Å²) in [6.45, 7) is 4.83. The minimum Gasteiger partial charge on any atom is -0.494 e. The number of ether oxygens (including phenoxy) is 1. The largest absolute Gasteiger partial charge is 0.494 e. The molecular weight excluding hydrogens is 376 g/mol. The van der Waals surface area contributed by atoms with Crippen molar-refractivity contribution >= 4 is 15.9 Å². The molecule has 0 saturated heterocycles. The lowest BCUT2D eigenvalue weighted by Crippen LogP contribution is -2.40. The van der Waals surface area contributed by atoms with Crippen LogP contribution in [0, 0.1) is 0 Å². The lowest BCUT2D eigenvalue weighted by atomic mass is 10.2. The molecule has 2 rings (SSSR count). The molecule has 1 amide bonds. The Bertz CT molecular complexity index is 836. The number of unbranched alkanes of at least 4 members (excludes halogenated alkanes) is 1. The SMILES string of the molecule is CCCCNC(=O)CN(Cc1ccccc1)S(=O)(=O)c1ccc(OCC)cc1. The number of carbonyl (C=O) groups excluding carboxylic acids is 1. The highest BCUT2D eigenvalue weighted by atomic mass is 32.2. The number of sulfonamides is 1. The maximum absolute atomic E-state index is 13.2. The van der Waals surface area contributed by atoms with Crippen LogP contribution in [0.15, 0.2) is 59.5 Å². The monoisotopic (exact) mass is 404 g/mol. The molecule has 0 spiro atoms. The fourth-order valence-corrected chi connectivity index (χ4v) is 4.04. The lowest BCUT2D eigenvalue weighted by Gasteiger charge is -2.22. The van der Waals surface area contributed by atoms with E-state index in [1.165, 1.54) is 16.4 Å². The zero-order chi connectivity index (χ0) is 20.4. The summed E-state index contributed by atoms with van der Waals surface area (Å²) in [4.78, 5) is 12.4. The molecule has 152 valence electrons. The van der Waals surface area contributed by atoms with Gasteiger partial charge in [0.05, 0.1) is 18.0 Å². The maximum Gasteiger partial charge on any atom is 0.243 e. The highest BCUT2D eigenvalue weighted by molar-refractivity contribution is 7.89. The van der Waals surface area contributed by atoms with E-state index in [0.29, 0.717) is 18.9 Å². The zero-order valence-corrected chi connectivity index (χ0v) is 17.2. The van der Waals surface area contributed by atoms with Gasteiger partial charge in [-0.1, -0.05) is 43.7 Å². The van der Waals surface area contributed by atoms with Crippen LogP contribution in [0.2, 0.25) is 0 Å². The van der Waals surface area contributed by atoms with E-state index in [2.05, 4.69) is 5.32 Å². The van der Waals surface area contributed by atoms with Crippen LogP contribution in [0.4, 0.5) is 0 Å². The van der Waals surface area contributed by atoms with Crippen LogP contribution in [-0.2, 0) is 21.4 Å². The molecule has 0 unspecified atom stereocenters. The van der Waals surface area contributed by atoms with Gasteiger partial charge in [0.1, 0.15) is 5.75 Å². The first-order valence-electron chi connectivity index (χ1n) is 9.51. The van der Waals surface area contributed by atoms with E-state index in [-0.39, 0.29) is 23.9 Å². The molecule has 28 heavy (non-hydrogen) atoms. The number of hydrogen-bond acceptors (Lipinski definition) is 4. The van der Waals surface area contributed by atoms with Crippen LogP contribution in [0.5, 0.6) is 5.75 Å². The molecule has 0 saturated carbocycles. The van der Waals surface area contributed by atoms with Gasteiger partial charge in [-0.25, -0.2) is 8.42 Å². The molecule has 0 radical (unpaired) electrons. The second kappa shape index (κ2) is 10.8. The standard InChI is InChI=1S/C21H28N2O4S/c1-3-5-15-22-21(24)17-23(16-18-9-7-6-8-10-18)28(25,26)20-13-11-19(12-14-20)27-4-2/h6-14H,3-5,15-17H2,1-2H3,(H,22,24). The van der Waals surface area contributed by atoms with Crippen LogP contribution in [0.25, 0.3) is 0 Å².